The van der Waals surface area contributed by atoms with Crippen molar-refractivity contribution in [2.24, 2.45) is 4.99 Å². The van der Waals surface area contributed by atoms with Crippen molar-refractivity contribution >= 4 is 63.6 Å². The number of ether oxygens (including phenoxy) is 9. The number of carbonyl (C=O) groups excluding carboxylic acids is 6. The highest BCUT2D eigenvalue weighted by atomic mass is 32.1. The highest BCUT2D eigenvalue weighted by Crippen LogP contribution is 2.29. The molecule has 18 heteroatoms. The topological polar surface area (TPSA) is 211 Å². The Kier molecular flexibility index (Phi) is 22.7. The van der Waals surface area contributed by atoms with Gasteiger partial charge in [0.25, 0.3) is 0 Å². The molecule has 1 unspecified atom stereocenters. The number of para-hydroxylation sites is 1. The van der Waals surface area contributed by atoms with Crippen LogP contribution in [0.15, 0.2) is 134 Å². The van der Waals surface area contributed by atoms with Crippen molar-refractivity contribution in [3.63, 3.8) is 0 Å². The normalized spacial score (nSPS) is 11.5. The molecule has 1 heterocycles. The standard InChI is InChI=1S/C58H60N2O15S/c1-8-51(61)68-32-14-13-31-67-37-46(72-54(64)29-34-69-52(62)9-2)38-71-44-22-18-42(19-23-44)56(66)73-48-26-17-40(35-43(48)36-59-30-27-50-60-47-15-11-12-16-49(47)76-50)28-33-70-55(65)41-20-24-45(25-21-41)74-57(4,5)39-58(6,7)75-53(63)10-3/h8-12,15-26,35-36,46H,1-3,13-14,28-29,31-34,37-39H2,4-7H3/b59-36+. The molecule has 5 aromatic rings. The maximum Gasteiger partial charge on any atom is 0.343 e. The predicted molar refractivity (Wildman–Crippen MR) is 284 cm³/mol. The maximum absolute atomic E-state index is 13.6. The van der Waals surface area contributed by atoms with Crippen molar-refractivity contribution in [3.05, 3.63) is 156 Å². The van der Waals surface area contributed by atoms with Crippen LogP contribution in [0.2, 0.25) is 0 Å². The number of benzene rings is 4. The van der Waals surface area contributed by atoms with Gasteiger partial charge in [-0.25, -0.2) is 33.9 Å². The molecule has 0 N–H and O–H groups in total. The molecule has 0 saturated carbocycles. The molecule has 5 rings (SSSR count). The van der Waals surface area contributed by atoms with Gasteiger partial charge in [0.1, 0.15) is 41.7 Å². The zero-order chi connectivity index (χ0) is 54.9. The van der Waals surface area contributed by atoms with Gasteiger partial charge in [-0.1, -0.05) is 37.9 Å². The number of rotatable bonds is 29. The molecule has 0 bridgehead atoms. The summed E-state index contributed by atoms with van der Waals surface area (Å²) in [6, 6.07) is 28.2. The molecule has 398 valence electrons. The van der Waals surface area contributed by atoms with Crippen molar-refractivity contribution < 1.29 is 71.4 Å². The van der Waals surface area contributed by atoms with Crippen molar-refractivity contribution in [1.29, 1.82) is 0 Å². The van der Waals surface area contributed by atoms with Crippen molar-refractivity contribution in [3.8, 4) is 29.2 Å². The maximum atomic E-state index is 13.6. The number of fused-ring (bicyclic) bond motifs is 1. The minimum atomic E-state index is -0.854. The molecule has 0 spiro atoms. The molecule has 0 aliphatic rings. The Morgan fingerprint density at radius 1 is 0.711 bits per heavy atom. The van der Waals surface area contributed by atoms with Gasteiger partial charge in [-0.05, 0) is 125 Å². The van der Waals surface area contributed by atoms with Gasteiger partial charge in [0.15, 0.2) is 11.1 Å². The first-order valence-corrected chi connectivity index (χ1v) is 24.9. The van der Waals surface area contributed by atoms with Crippen molar-refractivity contribution in [1.82, 2.24) is 4.98 Å². The van der Waals surface area contributed by atoms with Crippen LogP contribution in [0.1, 0.15) is 90.2 Å². The molecule has 0 aliphatic carbocycles. The second-order valence-electron chi connectivity index (χ2n) is 17.8. The van der Waals surface area contributed by atoms with Crippen molar-refractivity contribution in [2.75, 3.05) is 39.6 Å². The fraction of sp³-hybridized carbons (Fsp3) is 0.310. The lowest BCUT2D eigenvalue weighted by Gasteiger charge is -2.34. The highest BCUT2D eigenvalue weighted by Gasteiger charge is 2.33. The van der Waals surface area contributed by atoms with E-state index >= 15 is 0 Å². The number of unbranched alkanes of at least 4 members (excludes halogenated alkanes) is 1. The molecular formula is C58H60N2O15S. The molecule has 0 radical (unpaired) electrons. The summed E-state index contributed by atoms with van der Waals surface area (Å²) in [7, 11) is 0. The monoisotopic (exact) mass is 1060 g/mol. The van der Waals surface area contributed by atoms with Crippen LogP contribution in [-0.4, -0.2) is 104 Å². The number of nitrogens with zero attached hydrogens (tertiary/aromatic N) is 2. The zero-order valence-electron chi connectivity index (χ0n) is 42.9. The van der Waals surface area contributed by atoms with E-state index in [9.17, 15) is 28.8 Å². The van der Waals surface area contributed by atoms with Gasteiger partial charge in [0, 0.05) is 55.5 Å². The minimum Gasteiger partial charge on any atom is -0.490 e. The SMILES string of the molecule is C=CC(=O)OCCCCOCC(COc1ccc(C(=O)Oc2ccc(CCOC(=O)c3ccc(OC(C)(C)CC(C)(C)OC(=O)C=C)cc3)cc2/C=N/C#Cc2nc3ccccc3s2)cc1)OC(=O)CCOC(=O)C=C. The highest BCUT2D eigenvalue weighted by molar-refractivity contribution is 7.19. The van der Waals surface area contributed by atoms with Crippen molar-refractivity contribution in [2.45, 2.75) is 77.1 Å². The van der Waals surface area contributed by atoms with E-state index in [1.165, 1.54) is 29.7 Å². The first kappa shape index (κ1) is 58.5. The number of aliphatic imine (C=N–C) groups is 1. The Labute approximate surface area is 445 Å². The smallest absolute Gasteiger partial charge is 0.343 e. The molecule has 1 atom stereocenters. The summed E-state index contributed by atoms with van der Waals surface area (Å²) in [5.41, 5.74) is 0.980. The van der Waals surface area contributed by atoms with Crippen LogP contribution in [0.25, 0.3) is 10.2 Å². The third kappa shape index (κ3) is 20.5. The van der Waals surface area contributed by atoms with Crippen LogP contribution in [0.3, 0.4) is 0 Å². The predicted octanol–water partition coefficient (Wildman–Crippen LogP) is 9.33. The number of aromatic nitrogens is 1. The summed E-state index contributed by atoms with van der Waals surface area (Å²) in [5, 5.41) is 0.581. The number of esters is 6. The second kappa shape index (κ2) is 29.5. The summed E-state index contributed by atoms with van der Waals surface area (Å²) >= 11 is 1.43. The number of hydrogen-bond donors (Lipinski definition) is 0. The van der Waals surface area contributed by atoms with E-state index in [4.69, 9.17) is 42.6 Å². The summed E-state index contributed by atoms with van der Waals surface area (Å²) in [5.74, 6) is 0.422. The fourth-order valence-corrected chi connectivity index (χ4v) is 8.05. The largest absolute Gasteiger partial charge is 0.490 e. The summed E-state index contributed by atoms with van der Waals surface area (Å²) in [4.78, 5) is 82.5. The number of hydrogen-bond acceptors (Lipinski definition) is 18. The van der Waals surface area contributed by atoms with E-state index in [0.717, 1.165) is 34.0 Å². The molecule has 76 heavy (non-hydrogen) atoms. The lowest BCUT2D eigenvalue weighted by molar-refractivity contribution is -0.156. The van der Waals surface area contributed by atoms with Crippen LogP contribution in [0.5, 0.6) is 17.2 Å². The molecule has 0 fully saturated rings. The van der Waals surface area contributed by atoms with E-state index in [2.05, 4.69) is 41.7 Å². The van der Waals surface area contributed by atoms with Crippen LogP contribution >= 0.6 is 11.3 Å². The lowest BCUT2D eigenvalue weighted by atomic mass is 9.92. The first-order valence-electron chi connectivity index (χ1n) is 24.1. The zero-order valence-corrected chi connectivity index (χ0v) is 43.7. The Bertz CT molecular complexity index is 2900. The molecule has 1 aromatic heterocycles. The van der Waals surface area contributed by atoms with Gasteiger partial charge in [-0.15, -0.1) is 11.3 Å². The van der Waals surface area contributed by atoms with E-state index in [0.29, 0.717) is 53.3 Å². The Balaban J connectivity index is 1.21. The third-order valence-electron chi connectivity index (χ3n) is 10.4. The Morgan fingerprint density at radius 2 is 1.37 bits per heavy atom. The minimum absolute atomic E-state index is 0.0251. The van der Waals surface area contributed by atoms with E-state index in [-0.39, 0.29) is 57.4 Å². The fourth-order valence-electron chi connectivity index (χ4n) is 7.23. The summed E-state index contributed by atoms with van der Waals surface area (Å²) < 4.78 is 51.1. The second-order valence-corrected chi connectivity index (χ2v) is 18.8. The van der Waals surface area contributed by atoms with E-state index in [1.807, 2.05) is 38.1 Å². The third-order valence-corrected chi connectivity index (χ3v) is 11.4. The van der Waals surface area contributed by atoms with Crippen LogP contribution < -0.4 is 14.2 Å². The molecule has 17 nitrogen and oxygen atoms in total. The van der Waals surface area contributed by atoms with Gasteiger partial charge in [0.2, 0.25) is 0 Å². The summed E-state index contributed by atoms with van der Waals surface area (Å²) in [6.45, 7) is 17.6. The lowest BCUT2D eigenvalue weighted by Crippen LogP contribution is -2.40. The van der Waals surface area contributed by atoms with Gasteiger partial charge >= 0.3 is 35.8 Å². The summed E-state index contributed by atoms with van der Waals surface area (Å²) in [6.07, 6.45) is 5.39. The first-order chi connectivity index (χ1) is 36.4. The number of carbonyl (C=O) groups is 6. The van der Waals surface area contributed by atoms with Crippen LogP contribution in [0.4, 0.5) is 0 Å². The number of thiazole rings is 1. The molecule has 0 amide bonds. The van der Waals surface area contributed by atoms with Gasteiger partial charge in [0.05, 0.1) is 47.6 Å². The van der Waals surface area contributed by atoms with Gasteiger partial charge in [-0.3, -0.25) is 4.79 Å². The average Bonchev–Trinajstić information content (AvgIpc) is 3.82. The van der Waals surface area contributed by atoms with Gasteiger partial charge in [-0.2, -0.15) is 0 Å². The van der Waals surface area contributed by atoms with Crippen LogP contribution in [-0.2, 0) is 54.0 Å². The molecule has 4 aromatic carbocycles. The van der Waals surface area contributed by atoms with Gasteiger partial charge < -0.3 is 42.6 Å². The molecular weight excluding hydrogens is 997 g/mol. The van der Waals surface area contributed by atoms with Crippen LogP contribution in [0, 0.1) is 12.0 Å². The molecule has 0 saturated heterocycles. The van der Waals surface area contributed by atoms with E-state index in [1.54, 1.807) is 68.4 Å². The Hall–Kier alpha value is -8.40. The molecule has 0 aliphatic heterocycles. The quantitative estimate of drug-likeness (QED) is 0.00830. The average molecular weight is 1060 g/mol. The Morgan fingerprint density at radius 3 is 2.07 bits per heavy atom. The van der Waals surface area contributed by atoms with E-state index < -0.39 is 53.1 Å².